The van der Waals surface area contributed by atoms with E-state index in [0.29, 0.717) is 23.8 Å². The second-order valence-electron chi connectivity index (χ2n) is 7.65. The van der Waals surface area contributed by atoms with E-state index in [1.54, 1.807) is 0 Å². The minimum absolute atomic E-state index is 0.0693. The number of rotatable bonds is 10. The van der Waals surface area contributed by atoms with E-state index in [-0.39, 0.29) is 5.56 Å². The third-order valence-corrected chi connectivity index (χ3v) is 5.59. The van der Waals surface area contributed by atoms with E-state index in [2.05, 4.69) is 40.3 Å². The number of aromatic nitrogens is 1. The van der Waals surface area contributed by atoms with E-state index >= 15 is 0 Å². The van der Waals surface area contributed by atoms with Gasteiger partial charge in [-0.25, -0.2) is 0 Å². The number of H-pyrrole nitrogens is 1. The zero-order valence-corrected chi connectivity index (χ0v) is 19.1. The smallest absolute Gasteiger partial charge is 0.253 e. The van der Waals surface area contributed by atoms with Crippen molar-refractivity contribution >= 4 is 28.2 Å². The number of fused-ring (bicyclic) bond motifs is 1. The van der Waals surface area contributed by atoms with Crippen molar-refractivity contribution < 1.29 is 4.74 Å². The van der Waals surface area contributed by atoms with Gasteiger partial charge in [0.05, 0.1) is 6.54 Å². The van der Waals surface area contributed by atoms with Gasteiger partial charge in [-0.05, 0) is 68.1 Å². The molecule has 0 unspecified atom stereocenters. The normalized spacial score (nSPS) is 10.9. The van der Waals surface area contributed by atoms with Gasteiger partial charge in [0.15, 0.2) is 5.11 Å². The number of ether oxygens (including phenoxy) is 1. The molecule has 0 fully saturated rings. The van der Waals surface area contributed by atoms with E-state index in [1.807, 2.05) is 43.3 Å². The van der Waals surface area contributed by atoms with Gasteiger partial charge in [-0.3, -0.25) is 4.79 Å². The number of nitrogens with zero attached hydrogens (tertiary/aromatic N) is 1. The highest BCUT2D eigenvalue weighted by Crippen LogP contribution is 2.14. The average molecular weight is 438 g/mol. The monoisotopic (exact) mass is 437 g/mol. The number of aryl methyl sites for hydroxylation is 1. The largest absolute Gasteiger partial charge is 0.382 e. The van der Waals surface area contributed by atoms with Crippen molar-refractivity contribution in [1.82, 2.24) is 15.2 Å². The highest BCUT2D eigenvalue weighted by molar-refractivity contribution is 7.80. The van der Waals surface area contributed by atoms with E-state index in [4.69, 9.17) is 17.0 Å². The zero-order chi connectivity index (χ0) is 22.1. The molecule has 0 amide bonds. The summed E-state index contributed by atoms with van der Waals surface area (Å²) in [6.45, 7) is 7.41. The van der Waals surface area contributed by atoms with Crippen LogP contribution in [0.25, 0.3) is 10.9 Å². The fourth-order valence-electron chi connectivity index (χ4n) is 3.48. The van der Waals surface area contributed by atoms with Crippen LogP contribution in [0.2, 0.25) is 0 Å². The van der Waals surface area contributed by atoms with E-state index in [9.17, 15) is 4.79 Å². The Balaban J connectivity index is 1.74. The van der Waals surface area contributed by atoms with Crippen molar-refractivity contribution in [2.24, 2.45) is 0 Å². The molecule has 1 aromatic heterocycles. The topological polar surface area (TPSA) is 57.4 Å². The highest BCUT2D eigenvalue weighted by atomic mass is 32.1. The lowest BCUT2D eigenvalue weighted by molar-refractivity contribution is 0.145. The molecular formula is C25H31N3O2S. The van der Waals surface area contributed by atoms with Gasteiger partial charge in [0.1, 0.15) is 0 Å². The van der Waals surface area contributed by atoms with Crippen LogP contribution in [0.5, 0.6) is 0 Å². The van der Waals surface area contributed by atoms with Crippen molar-refractivity contribution in [3.63, 3.8) is 0 Å². The van der Waals surface area contributed by atoms with Crippen LogP contribution in [0.4, 0.5) is 0 Å². The standard InChI is InChI=1S/C25H31N3O2S/c1-3-30-15-7-13-26-25(31)28(14-12-20-8-5-4-6-9-20)18-22-17-21-16-19(2)10-11-23(21)27-24(22)29/h4-6,8-11,16-17H,3,7,12-15,18H2,1-2H3,(H,26,31)(H,27,29). The van der Waals surface area contributed by atoms with E-state index in [1.165, 1.54) is 5.56 Å². The first-order valence-electron chi connectivity index (χ1n) is 10.8. The van der Waals surface area contributed by atoms with Crippen LogP contribution in [-0.4, -0.2) is 41.3 Å². The summed E-state index contributed by atoms with van der Waals surface area (Å²) in [4.78, 5) is 17.8. The number of hydrogen-bond donors (Lipinski definition) is 2. The molecular weight excluding hydrogens is 406 g/mol. The first-order valence-corrected chi connectivity index (χ1v) is 11.2. The lowest BCUT2D eigenvalue weighted by Crippen LogP contribution is -2.42. The van der Waals surface area contributed by atoms with Gasteiger partial charge in [-0.1, -0.05) is 42.0 Å². The third-order valence-electron chi connectivity index (χ3n) is 5.18. The second kappa shape index (κ2) is 11.6. The predicted molar refractivity (Wildman–Crippen MR) is 132 cm³/mol. The number of hydrogen-bond acceptors (Lipinski definition) is 3. The quantitative estimate of drug-likeness (QED) is 0.368. The van der Waals surface area contributed by atoms with Gasteiger partial charge in [-0.2, -0.15) is 0 Å². The molecule has 2 N–H and O–H groups in total. The predicted octanol–water partition coefficient (Wildman–Crippen LogP) is 4.18. The van der Waals surface area contributed by atoms with Crippen LogP contribution in [0, 0.1) is 6.92 Å². The molecule has 5 nitrogen and oxygen atoms in total. The SMILES string of the molecule is CCOCCCNC(=S)N(CCc1ccccc1)Cc1cc2cc(C)ccc2[nH]c1=O. The molecule has 3 rings (SSSR count). The molecule has 0 bridgehead atoms. The fourth-order valence-corrected chi connectivity index (χ4v) is 3.74. The molecule has 1 heterocycles. The van der Waals surface area contributed by atoms with Gasteiger partial charge in [0, 0.05) is 37.4 Å². The maximum atomic E-state index is 12.7. The fraction of sp³-hybridized carbons (Fsp3) is 0.360. The van der Waals surface area contributed by atoms with Crippen LogP contribution in [-0.2, 0) is 17.7 Å². The van der Waals surface area contributed by atoms with Crippen LogP contribution in [0.1, 0.15) is 30.0 Å². The Morgan fingerprint density at radius 2 is 1.97 bits per heavy atom. The summed E-state index contributed by atoms with van der Waals surface area (Å²) in [5.41, 5.74) is 3.91. The Hall–Kier alpha value is -2.70. The van der Waals surface area contributed by atoms with Gasteiger partial charge in [-0.15, -0.1) is 0 Å². The van der Waals surface area contributed by atoms with Crippen LogP contribution >= 0.6 is 12.2 Å². The number of thiocarbonyl (C=S) groups is 1. The van der Waals surface area contributed by atoms with Gasteiger partial charge >= 0.3 is 0 Å². The van der Waals surface area contributed by atoms with Crippen molar-refractivity contribution in [1.29, 1.82) is 0 Å². The molecule has 0 spiro atoms. The number of nitrogens with one attached hydrogen (secondary N) is 2. The molecule has 0 saturated carbocycles. The summed E-state index contributed by atoms with van der Waals surface area (Å²) in [6.07, 6.45) is 1.74. The minimum atomic E-state index is -0.0693. The van der Waals surface area contributed by atoms with E-state index < -0.39 is 0 Å². The van der Waals surface area contributed by atoms with Crippen molar-refractivity contribution in [2.45, 2.75) is 33.2 Å². The van der Waals surface area contributed by atoms with Crippen molar-refractivity contribution in [2.75, 3.05) is 26.3 Å². The van der Waals surface area contributed by atoms with Crippen molar-refractivity contribution in [3.8, 4) is 0 Å². The number of aromatic amines is 1. The molecule has 0 saturated heterocycles. The Kier molecular flexibility index (Phi) is 8.62. The zero-order valence-electron chi connectivity index (χ0n) is 18.3. The molecule has 0 aliphatic heterocycles. The first-order chi connectivity index (χ1) is 15.1. The molecule has 164 valence electrons. The van der Waals surface area contributed by atoms with Crippen LogP contribution in [0.15, 0.2) is 59.4 Å². The second-order valence-corrected chi connectivity index (χ2v) is 8.04. The van der Waals surface area contributed by atoms with Crippen LogP contribution in [0.3, 0.4) is 0 Å². The molecule has 0 radical (unpaired) electrons. The molecule has 3 aromatic rings. The average Bonchev–Trinajstić information content (AvgIpc) is 2.77. The lowest BCUT2D eigenvalue weighted by Gasteiger charge is -2.26. The molecule has 2 aromatic carbocycles. The Bertz CT molecular complexity index is 1050. The van der Waals surface area contributed by atoms with Crippen LogP contribution < -0.4 is 10.9 Å². The lowest BCUT2D eigenvalue weighted by atomic mass is 10.1. The van der Waals surface area contributed by atoms with Gasteiger partial charge in [0.25, 0.3) is 5.56 Å². The van der Waals surface area contributed by atoms with Crippen molar-refractivity contribution in [3.05, 3.63) is 81.6 Å². The molecule has 0 aliphatic rings. The summed E-state index contributed by atoms with van der Waals surface area (Å²) in [7, 11) is 0. The Morgan fingerprint density at radius 1 is 1.16 bits per heavy atom. The maximum Gasteiger partial charge on any atom is 0.253 e. The number of pyridine rings is 1. The Morgan fingerprint density at radius 3 is 2.74 bits per heavy atom. The molecule has 0 atom stereocenters. The first kappa shape index (κ1) is 23.0. The van der Waals surface area contributed by atoms with E-state index in [0.717, 1.165) is 49.0 Å². The summed E-state index contributed by atoms with van der Waals surface area (Å²) in [5.74, 6) is 0. The minimum Gasteiger partial charge on any atom is -0.382 e. The van der Waals surface area contributed by atoms with Gasteiger partial charge in [0.2, 0.25) is 0 Å². The molecule has 0 aliphatic carbocycles. The third kappa shape index (κ3) is 6.91. The Labute approximate surface area is 189 Å². The summed E-state index contributed by atoms with van der Waals surface area (Å²) >= 11 is 5.69. The molecule has 6 heteroatoms. The summed E-state index contributed by atoms with van der Waals surface area (Å²) in [6, 6.07) is 18.4. The number of benzene rings is 2. The van der Waals surface area contributed by atoms with Gasteiger partial charge < -0.3 is 19.9 Å². The summed E-state index contributed by atoms with van der Waals surface area (Å²) < 4.78 is 5.40. The molecule has 31 heavy (non-hydrogen) atoms. The summed E-state index contributed by atoms with van der Waals surface area (Å²) in [5, 5.41) is 5.03. The maximum absolute atomic E-state index is 12.7. The highest BCUT2D eigenvalue weighted by Gasteiger charge is 2.13.